The molecule has 2 amide bonds. The first-order valence-corrected chi connectivity index (χ1v) is 14.2. The number of carbonyl (C=O) groups excluding carboxylic acids is 2. The van der Waals surface area contributed by atoms with Gasteiger partial charge in [0.25, 0.3) is 0 Å². The fraction of sp³-hybridized carbons (Fsp3) is 0.516. The van der Waals surface area contributed by atoms with Gasteiger partial charge < -0.3 is 20.1 Å². The van der Waals surface area contributed by atoms with Crippen molar-refractivity contribution >= 4 is 22.8 Å². The van der Waals surface area contributed by atoms with Gasteiger partial charge in [-0.2, -0.15) is 0 Å². The standard InChI is InChI=1S/C31H39N5O2/c1-21-32-28-10-6-7-11-29(28)36(21)26-18-25-12-15-31(19-26,34-25)16-13-27(23-8-4-3-5-9-23)33-30(38)24-14-17-35(20-24)22(2)37/h3-11,24-27,34H,12-20H2,1-2H3,(H,33,38)/t24?,25?,26?,27-,31?/m0/s1. The number of aromatic nitrogens is 2. The molecule has 3 fully saturated rings. The number of aryl methyl sites for hydroxylation is 1. The van der Waals surface area contributed by atoms with Crippen LogP contribution >= 0.6 is 0 Å². The van der Waals surface area contributed by atoms with Crippen LogP contribution in [0.2, 0.25) is 0 Å². The third-order valence-corrected chi connectivity index (χ3v) is 9.24. The fourth-order valence-electron chi connectivity index (χ4n) is 7.33. The monoisotopic (exact) mass is 513 g/mol. The first kappa shape index (κ1) is 25.1. The fourth-order valence-corrected chi connectivity index (χ4v) is 7.33. The molecule has 3 saturated heterocycles. The van der Waals surface area contributed by atoms with Crippen LogP contribution in [0, 0.1) is 12.8 Å². The van der Waals surface area contributed by atoms with E-state index in [1.807, 2.05) is 18.2 Å². The molecule has 6 rings (SSSR count). The van der Waals surface area contributed by atoms with Crippen molar-refractivity contribution < 1.29 is 9.59 Å². The van der Waals surface area contributed by atoms with Gasteiger partial charge in [0, 0.05) is 37.6 Å². The van der Waals surface area contributed by atoms with E-state index in [4.69, 9.17) is 4.98 Å². The highest BCUT2D eigenvalue weighted by molar-refractivity contribution is 5.81. The number of rotatable bonds is 7. The molecule has 3 aliphatic heterocycles. The van der Waals surface area contributed by atoms with Crippen LogP contribution in [-0.2, 0) is 9.59 Å². The molecular weight excluding hydrogens is 474 g/mol. The van der Waals surface area contributed by atoms with Gasteiger partial charge in [-0.15, -0.1) is 0 Å². The van der Waals surface area contributed by atoms with Gasteiger partial charge in [-0.1, -0.05) is 42.5 Å². The first-order valence-electron chi connectivity index (χ1n) is 14.2. The molecule has 0 saturated carbocycles. The number of likely N-dealkylation sites (tertiary alicyclic amines) is 1. The third kappa shape index (κ3) is 4.84. The zero-order chi connectivity index (χ0) is 26.3. The predicted molar refractivity (Wildman–Crippen MR) is 149 cm³/mol. The normalized spacial score (nSPS) is 27.5. The molecule has 5 atom stereocenters. The van der Waals surface area contributed by atoms with Crippen molar-refractivity contribution in [2.75, 3.05) is 13.1 Å². The highest BCUT2D eigenvalue weighted by Crippen LogP contribution is 2.45. The summed E-state index contributed by atoms with van der Waals surface area (Å²) in [5, 5.41) is 7.39. The van der Waals surface area contributed by atoms with E-state index in [1.165, 1.54) is 18.4 Å². The molecule has 200 valence electrons. The number of imidazole rings is 1. The number of carbonyl (C=O) groups is 2. The summed E-state index contributed by atoms with van der Waals surface area (Å²) < 4.78 is 2.47. The molecule has 7 nitrogen and oxygen atoms in total. The van der Waals surface area contributed by atoms with Gasteiger partial charge >= 0.3 is 0 Å². The van der Waals surface area contributed by atoms with Gasteiger partial charge in [0.1, 0.15) is 5.82 Å². The Morgan fingerprint density at radius 3 is 2.71 bits per heavy atom. The Kier molecular flexibility index (Phi) is 6.72. The lowest BCUT2D eigenvalue weighted by Crippen LogP contribution is -2.50. The van der Waals surface area contributed by atoms with Crippen molar-refractivity contribution in [3.63, 3.8) is 0 Å². The van der Waals surface area contributed by atoms with Crippen LogP contribution in [0.25, 0.3) is 11.0 Å². The molecule has 3 aliphatic rings. The number of nitrogens with one attached hydrogen (secondary N) is 2. The maximum absolute atomic E-state index is 13.3. The summed E-state index contributed by atoms with van der Waals surface area (Å²) in [5.74, 6) is 1.08. The average Bonchev–Trinajstić information content (AvgIpc) is 3.62. The SMILES string of the molecule is CC(=O)N1CCC(C(=O)N[C@@H](CCC23CCC(CC(n4c(C)nc5ccccc54)C2)N3)c2ccccc2)C1. The molecule has 2 N–H and O–H groups in total. The minimum Gasteiger partial charge on any atom is -0.349 e. The Balaban J connectivity index is 1.19. The van der Waals surface area contributed by atoms with Crippen molar-refractivity contribution in [2.45, 2.75) is 82.5 Å². The van der Waals surface area contributed by atoms with Gasteiger partial charge in [0.05, 0.1) is 23.0 Å². The molecule has 0 aliphatic carbocycles. The number of fused-ring (bicyclic) bond motifs is 3. The smallest absolute Gasteiger partial charge is 0.225 e. The van der Waals surface area contributed by atoms with Crippen molar-refractivity contribution in [1.29, 1.82) is 0 Å². The highest BCUT2D eigenvalue weighted by Gasteiger charge is 2.46. The van der Waals surface area contributed by atoms with E-state index < -0.39 is 0 Å². The number of para-hydroxylation sites is 2. The van der Waals surface area contributed by atoms with Crippen LogP contribution in [0.15, 0.2) is 54.6 Å². The number of hydrogen-bond acceptors (Lipinski definition) is 4. The van der Waals surface area contributed by atoms with Crippen LogP contribution in [0.1, 0.15) is 75.3 Å². The van der Waals surface area contributed by atoms with Crippen LogP contribution in [-0.4, -0.2) is 50.9 Å². The summed E-state index contributed by atoms with van der Waals surface area (Å²) in [6, 6.07) is 19.8. The lowest BCUT2D eigenvalue weighted by atomic mass is 9.81. The van der Waals surface area contributed by atoms with E-state index in [0.717, 1.165) is 49.0 Å². The Labute approximate surface area is 225 Å². The Morgan fingerprint density at radius 1 is 1.13 bits per heavy atom. The lowest BCUT2D eigenvalue weighted by molar-refractivity contribution is -0.128. The van der Waals surface area contributed by atoms with E-state index >= 15 is 0 Å². The summed E-state index contributed by atoms with van der Waals surface area (Å²) in [6.45, 7) is 4.91. The minimum absolute atomic E-state index is 0.0403. The average molecular weight is 514 g/mol. The lowest BCUT2D eigenvalue weighted by Gasteiger charge is -2.41. The zero-order valence-electron chi connectivity index (χ0n) is 22.5. The van der Waals surface area contributed by atoms with Gasteiger partial charge in [0.2, 0.25) is 11.8 Å². The Hall–Kier alpha value is -3.19. The molecule has 0 radical (unpaired) electrons. The minimum atomic E-state index is -0.131. The molecule has 2 bridgehead atoms. The largest absolute Gasteiger partial charge is 0.349 e. The predicted octanol–water partition coefficient (Wildman–Crippen LogP) is 4.68. The van der Waals surface area contributed by atoms with Gasteiger partial charge in [-0.3, -0.25) is 9.59 Å². The van der Waals surface area contributed by atoms with Crippen molar-refractivity contribution in [3.05, 3.63) is 66.0 Å². The maximum Gasteiger partial charge on any atom is 0.225 e. The van der Waals surface area contributed by atoms with E-state index in [2.05, 4.69) is 58.5 Å². The Bertz CT molecular complexity index is 1320. The number of hydrogen-bond donors (Lipinski definition) is 2. The van der Waals surface area contributed by atoms with Gasteiger partial charge in [-0.05, 0) is 69.6 Å². The molecule has 2 aromatic carbocycles. The summed E-state index contributed by atoms with van der Waals surface area (Å²) in [5.41, 5.74) is 3.53. The summed E-state index contributed by atoms with van der Waals surface area (Å²) >= 11 is 0. The summed E-state index contributed by atoms with van der Waals surface area (Å²) in [6.07, 6.45) is 7.22. The number of nitrogens with zero attached hydrogens (tertiary/aromatic N) is 3. The number of amides is 2. The molecule has 3 aromatic rings. The molecule has 1 aromatic heterocycles. The van der Waals surface area contributed by atoms with Crippen LogP contribution in [0.3, 0.4) is 0 Å². The number of piperidine rings is 1. The van der Waals surface area contributed by atoms with Crippen molar-refractivity contribution in [2.24, 2.45) is 5.92 Å². The van der Waals surface area contributed by atoms with E-state index in [1.54, 1.807) is 11.8 Å². The van der Waals surface area contributed by atoms with Gasteiger partial charge in [0.15, 0.2) is 0 Å². The Morgan fingerprint density at radius 2 is 1.92 bits per heavy atom. The molecule has 4 unspecified atom stereocenters. The summed E-state index contributed by atoms with van der Waals surface area (Å²) in [4.78, 5) is 31.7. The second-order valence-corrected chi connectivity index (χ2v) is 11.7. The summed E-state index contributed by atoms with van der Waals surface area (Å²) in [7, 11) is 0. The molecule has 0 spiro atoms. The topological polar surface area (TPSA) is 79.3 Å². The molecular formula is C31H39N5O2. The van der Waals surface area contributed by atoms with Crippen LogP contribution < -0.4 is 10.6 Å². The van der Waals surface area contributed by atoms with Crippen LogP contribution in [0.4, 0.5) is 0 Å². The second-order valence-electron chi connectivity index (χ2n) is 11.7. The quantitative estimate of drug-likeness (QED) is 0.481. The van der Waals surface area contributed by atoms with Gasteiger partial charge in [-0.25, -0.2) is 4.98 Å². The number of benzene rings is 2. The van der Waals surface area contributed by atoms with E-state index in [-0.39, 0.29) is 29.3 Å². The van der Waals surface area contributed by atoms with E-state index in [9.17, 15) is 9.59 Å². The van der Waals surface area contributed by atoms with Crippen LogP contribution in [0.5, 0.6) is 0 Å². The molecule has 38 heavy (non-hydrogen) atoms. The highest BCUT2D eigenvalue weighted by atomic mass is 16.2. The third-order valence-electron chi connectivity index (χ3n) is 9.24. The van der Waals surface area contributed by atoms with E-state index in [0.29, 0.717) is 25.2 Å². The van der Waals surface area contributed by atoms with Crippen molar-refractivity contribution in [3.8, 4) is 0 Å². The molecule has 7 heteroatoms. The maximum atomic E-state index is 13.3. The van der Waals surface area contributed by atoms with Crippen molar-refractivity contribution in [1.82, 2.24) is 25.1 Å². The first-order chi connectivity index (χ1) is 18.4. The zero-order valence-corrected chi connectivity index (χ0v) is 22.5. The molecule has 4 heterocycles. The second kappa shape index (κ2) is 10.2.